The molecule has 0 saturated heterocycles. The Labute approximate surface area is 156 Å². The van der Waals surface area contributed by atoms with Gasteiger partial charge in [0.25, 0.3) is 5.91 Å². The Kier molecular flexibility index (Phi) is 4.35. The minimum absolute atomic E-state index is 0.0827. The summed E-state index contributed by atoms with van der Waals surface area (Å²) in [5, 5.41) is 7.26. The number of fused-ring (bicyclic) bond motifs is 1. The number of carbonyl (C=O) groups is 1. The van der Waals surface area contributed by atoms with E-state index in [1.165, 1.54) is 0 Å². The first-order valence-corrected chi connectivity index (χ1v) is 8.84. The van der Waals surface area contributed by atoms with E-state index in [1.54, 1.807) is 20.5 Å². The molecule has 7 nitrogen and oxygen atoms in total. The quantitative estimate of drug-likeness (QED) is 0.719. The molecule has 27 heavy (non-hydrogen) atoms. The number of benzene rings is 1. The van der Waals surface area contributed by atoms with E-state index in [4.69, 9.17) is 13.9 Å². The molecule has 0 spiro atoms. The van der Waals surface area contributed by atoms with Crippen LogP contribution in [0.5, 0.6) is 11.5 Å². The smallest absolute Gasteiger partial charge is 0.275 e. The number of hydrogen-bond acceptors (Lipinski definition) is 5. The molecule has 0 aliphatic carbocycles. The number of methoxy groups -OCH3 is 2. The van der Waals surface area contributed by atoms with Gasteiger partial charge in [0.1, 0.15) is 5.69 Å². The first kappa shape index (κ1) is 17.2. The standard InChI is InChI=1S/C20H21N3O4/c1-4-9-23-19(12-7-8-13(25-2)15(11-12)26-3)16-17(14-6-5-10-27-14)21-22-18(16)20(23)24/h5-8,10-11,19H,4,9H2,1-3H3,(H,21,22)/t19-/m0/s1. The monoisotopic (exact) mass is 367 g/mol. The van der Waals surface area contributed by atoms with Crippen molar-refractivity contribution in [2.45, 2.75) is 19.4 Å². The molecule has 3 aromatic rings. The summed E-state index contributed by atoms with van der Waals surface area (Å²) in [6.07, 6.45) is 2.45. The molecule has 1 atom stereocenters. The molecule has 0 fully saturated rings. The summed E-state index contributed by atoms with van der Waals surface area (Å²) < 4.78 is 16.4. The Morgan fingerprint density at radius 3 is 2.70 bits per heavy atom. The predicted octanol–water partition coefficient (Wildman–Crippen LogP) is 3.64. The highest BCUT2D eigenvalue weighted by Gasteiger charge is 2.42. The third-order valence-corrected chi connectivity index (χ3v) is 4.81. The van der Waals surface area contributed by atoms with Gasteiger partial charge in [0.05, 0.1) is 26.5 Å². The first-order chi connectivity index (χ1) is 13.2. The fourth-order valence-corrected chi connectivity index (χ4v) is 3.64. The molecule has 0 radical (unpaired) electrons. The van der Waals surface area contributed by atoms with Crippen LogP contribution in [0, 0.1) is 0 Å². The van der Waals surface area contributed by atoms with Gasteiger partial charge < -0.3 is 18.8 Å². The Balaban J connectivity index is 1.88. The average Bonchev–Trinajstić information content (AvgIpc) is 3.40. The molecule has 0 bridgehead atoms. The van der Waals surface area contributed by atoms with Crippen molar-refractivity contribution in [1.82, 2.24) is 15.1 Å². The zero-order valence-corrected chi connectivity index (χ0v) is 15.5. The van der Waals surface area contributed by atoms with Crippen LogP contribution in [0.3, 0.4) is 0 Å². The highest BCUT2D eigenvalue weighted by Crippen LogP contribution is 2.44. The zero-order chi connectivity index (χ0) is 19.0. The lowest BCUT2D eigenvalue weighted by Gasteiger charge is -2.26. The van der Waals surface area contributed by atoms with Crippen molar-refractivity contribution >= 4 is 5.91 Å². The van der Waals surface area contributed by atoms with Crippen LogP contribution in [-0.2, 0) is 0 Å². The largest absolute Gasteiger partial charge is 0.493 e. The van der Waals surface area contributed by atoms with E-state index in [0.717, 1.165) is 23.2 Å². The van der Waals surface area contributed by atoms with Gasteiger partial charge in [0.15, 0.2) is 23.0 Å². The van der Waals surface area contributed by atoms with Crippen LogP contribution in [0.2, 0.25) is 0 Å². The number of hydrogen-bond donors (Lipinski definition) is 1. The van der Waals surface area contributed by atoms with Crippen LogP contribution in [0.1, 0.15) is 41.0 Å². The van der Waals surface area contributed by atoms with Crippen molar-refractivity contribution < 1.29 is 18.7 Å². The maximum atomic E-state index is 13.0. The Bertz CT molecular complexity index is 962. The molecule has 1 amide bonds. The van der Waals surface area contributed by atoms with Crippen molar-refractivity contribution in [3.05, 3.63) is 53.4 Å². The Morgan fingerprint density at radius 1 is 1.22 bits per heavy atom. The summed E-state index contributed by atoms with van der Waals surface area (Å²) >= 11 is 0. The van der Waals surface area contributed by atoms with Crippen LogP contribution in [-0.4, -0.2) is 41.8 Å². The number of nitrogens with one attached hydrogen (secondary N) is 1. The fourth-order valence-electron chi connectivity index (χ4n) is 3.64. The highest BCUT2D eigenvalue weighted by molar-refractivity contribution is 6.00. The maximum absolute atomic E-state index is 13.0. The van der Waals surface area contributed by atoms with Crippen LogP contribution in [0.4, 0.5) is 0 Å². The van der Waals surface area contributed by atoms with E-state index in [2.05, 4.69) is 17.1 Å². The second kappa shape index (κ2) is 6.83. The molecule has 1 aliphatic heterocycles. The first-order valence-electron chi connectivity index (χ1n) is 8.84. The topological polar surface area (TPSA) is 80.6 Å². The molecule has 140 valence electrons. The average molecular weight is 367 g/mol. The summed E-state index contributed by atoms with van der Waals surface area (Å²) in [4.78, 5) is 14.8. The molecule has 7 heteroatoms. The molecule has 4 rings (SSSR count). The number of carbonyl (C=O) groups excluding carboxylic acids is 1. The van der Waals surface area contributed by atoms with Gasteiger partial charge in [-0.2, -0.15) is 5.10 Å². The lowest BCUT2D eigenvalue weighted by Crippen LogP contribution is -2.30. The number of aromatic nitrogens is 2. The van der Waals surface area contributed by atoms with E-state index in [1.807, 2.05) is 35.2 Å². The minimum atomic E-state index is -0.272. The number of rotatable bonds is 6. The van der Waals surface area contributed by atoms with Gasteiger partial charge in [-0.05, 0) is 36.2 Å². The van der Waals surface area contributed by atoms with Gasteiger partial charge in [-0.1, -0.05) is 13.0 Å². The summed E-state index contributed by atoms with van der Waals surface area (Å²) in [5.41, 5.74) is 2.93. The predicted molar refractivity (Wildman–Crippen MR) is 99.0 cm³/mol. The molecule has 1 aliphatic rings. The van der Waals surface area contributed by atoms with E-state index in [0.29, 0.717) is 29.5 Å². The van der Waals surface area contributed by atoms with Gasteiger partial charge in [-0.25, -0.2) is 0 Å². The summed E-state index contributed by atoms with van der Waals surface area (Å²) in [5.74, 6) is 1.84. The van der Waals surface area contributed by atoms with Crippen molar-refractivity contribution in [3.8, 4) is 23.0 Å². The van der Waals surface area contributed by atoms with Crippen molar-refractivity contribution in [2.24, 2.45) is 0 Å². The van der Waals surface area contributed by atoms with Gasteiger partial charge in [-0.3, -0.25) is 9.89 Å². The summed E-state index contributed by atoms with van der Waals surface area (Å²) in [7, 11) is 3.20. The number of aromatic amines is 1. The molecule has 0 saturated carbocycles. The molecular weight excluding hydrogens is 346 g/mol. The molecular formula is C20H21N3O4. The van der Waals surface area contributed by atoms with Crippen LogP contribution < -0.4 is 9.47 Å². The number of ether oxygens (including phenoxy) is 2. The summed E-state index contributed by atoms with van der Waals surface area (Å²) in [6, 6.07) is 9.11. The number of nitrogens with zero attached hydrogens (tertiary/aromatic N) is 2. The third-order valence-electron chi connectivity index (χ3n) is 4.81. The highest BCUT2D eigenvalue weighted by atomic mass is 16.5. The number of H-pyrrole nitrogens is 1. The van der Waals surface area contributed by atoms with Gasteiger partial charge in [-0.15, -0.1) is 0 Å². The minimum Gasteiger partial charge on any atom is -0.493 e. The van der Waals surface area contributed by atoms with Crippen molar-refractivity contribution in [2.75, 3.05) is 20.8 Å². The summed E-state index contributed by atoms with van der Waals surface area (Å²) in [6.45, 7) is 2.68. The molecule has 3 heterocycles. The van der Waals surface area contributed by atoms with E-state index < -0.39 is 0 Å². The molecule has 2 aromatic heterocycles. The second-order valence-electron chi connectivity index (χ2n) is 6.35. The SMILES string of the molecule is CCCN1C(=O)c2n[nH]c(-c3ccco3)c2[C@@H]1c1ccc(OC)c(OC)c1. The van der Waals surface area contributed by atoms with Crippen LogP contribution in [0.25, 0.3) is 11.5 Å². The Morgan fingerprint density at radius 2 is 2.04 bits per heavy atom. The van der Waals surface area contributed by atoms with Gasteiger partial charge >= 0.3 is 0 Å². The van der Waals surface area contributed by atoms with Crippen molar-refractivity contribution in [3.63, 3.8) is 0 Å². The van der Waals surface area contributed by atoms with E-state index >= 15 is 0 Å². The van der Waals surface area contributed by atoms with Crippen LogP contribution in [0.15, 0.2) is 41.0 Å². The zero-order valence-electron chi connectivity index (χ0n) is 15.5. The third kappa shape index (κ3) is 2.66. The molecule has 1 N–H and O–H groups in total. The van der Waals surface area contributed by atoms with E-state index in [-0.39, 0.29) is 11.9 Å². The molecule has 1 aromatic carbocycles. The van der Waals surface area contributed by atoms with Gasteiger partial charge in [0.2, 0.25) is 0 Å². The maximum Gasteiger partial charge on any atom is 0.275 e. The van der Waals surface area contributed by atoms with E-state index in [9.17, 15) is 4.79 Å². The normalized spacial score (nSPS) is 15.9. The second-order valence-corrected chi connectivity index (χ2v) is 6.35. The Hall–Kier alpha value is -3.22. The number of furan rings is 1. The lowest BCUT2D eigenvalue weighted by atomic mass is 9.97. The van der Waals surface area contributed by atoms with Gasteiger partial charge in [0, 0.05) is 12.1 Å². The van der Waals surface area contributed by atoms with Crippen molar-refractivity contribution in [1.29, 1.82) is 0 Å². The lowest BCUT2D eigenvalue weighted by molar-refractivity contribution is 0.0743. The molecule has 0 unspecified atom stereocenters. The van der Waals surface area contributed by atoms with Crippen LogP contribution >= 0.6 is 0 Å². The fraction of sp³-hybridized carbons (Fsp3) is 0.300. The number of amides is 1.